The standard InChI is InChI=1S/C13H26N2O4S/c1-13(2,3)19-12(18)14-10(11(16)17)9-20-8-6-7-15(4)5/h10H,6-9H2,1-5H3,(H,14,18)(H,16,17). The number of carbonyl (C=O) groups excluding carboxylic acids is 1. The second-order valence-corrected chi connectivity index (χ2v) is 6.92. The lowest BCUT2D eigenvalue weighted by atomic mass is 10.2. The van der Waals surface area contributed by atoms with Gasteiger partial charge in [0, 0.05) is 5.75 Å². The van der Waals surface area contributed by atoms with Crippen LogP contribution in [0.2, 0.25) is 0 Å². The SMILES string of the molecule is CN(C)CCCSCC(NC(=O)OC(C)(C)C)C(=O)O. The maximum atomic E-state index is 11.5. The van der Waals surface area contributed by atoms with E-state index in [0.717, 1.165) is 18.7 Å². The molecule has 6 nitrogen and oxygen atoms in total. The molecule has 0 radical (unpaired) electrons. The average Bonchev–Trinajstić information content (AvgIpc) is 2.23. The van der Waals surface area contributed by atoms with Crippen LogP contribution in [0.15, 0.2) is 0 Å². The van der Waals surface area contributed by atoms with Crippen LogP contribution >= 0.6 is 11.8 Å². The summed E-state index contributed by atoms with van der Waals surface area (Å²) in [5.41, 5.74) is -0.633. The zero-order chi connectivity index (χ0) is 15.8. The first-order valence-corrected chi connectivity index (χ1v) is 7.72. The van der Waals surface area contributed by atoms with E-state index >= 15 is 0 Å². The lowest BCUT2D eigenvalue weighted by molar-refractivity contribution is -0.138. The van der Waals surface area contributed by atoms with E-state index in [1.54, 1.807) is 20.8 Å². The summed E-state index contributed by atoms with van der Waals surface area (Å²) in [6, 6.07) is -0.922. The Morgan fingerprint density at radius 2 is 1.95 bits per heavy atom. The van der Waals surface area contributed by atoms with Crippen molar-refractivity contribution in [3.05, 3.63) is 0 Å². The minimum atomic E-state index is -1.05. The number of carboxylic acids is 1. The lowest BCUT2D eigenvalue weighted by Gasteiger charge is -2.21. The molecule has 1 atom stereocenters. The van der Waals surface area contributed by atoms with Gasteiger partial charge in [-0.15, -0.1) is 0 Å². The van der Waals surface area contributed by atoms with E-state index in [4.69, 9.17) is 9.84 Å². The van der Waals surface area contributed by atoms with E-state index in [0.29, 0.717) is 5.75 Å². The van der Waals surface area contributed by atoms with Gasteiger partial charge in [0.05, 0.1) is 0 Å². The van der Waals surface area contributed by atoms with Crippen LogP contribution in [0.3, 0.4) is 0 Å². The fraction of sp³-hybridized carbons (Fsp3) is 0.846. The molecule has 0 fully saturated rings. The van der Waals surface area contributed by atoms with E-state index in [2.05, 4.69) is 10.2 Å². The van der Waals surface area contributed by atoms with Crippen LogP contribution < -0.4 is 5.32 Å². The number of hydrogen-bond donors (Lipinski definition) is 2. The number of thioether (sulfide) groups is 1. The summed E-state index contributed by atoms with van der Waals surface area (Å²) in [6.45, 7) is 6.17. The van der Waals surface area contributed by atoms with Crippen LogP contribution in [0.25, 0.3) is 0 Å². The van der Waals surface area contributed by atoms with Gasteiger partial charge in [-0.25, -0.2) is 9.59 Å². The van der Waals surface area contributed by atoms with Crippen molar-refractivity contribution in [1.29, 1.82) is 0 Å². The third-order valence-corrected chi connectivity index (χ3v) is 3.31. The highest BCUT2D eigenvalue weighted by atomic mass is 32.2. The van der Waals surface area contributed by atoms with Crippen LogP contribution in [0.4, 0.5) is 4.79 Å². The highest BCUT2D eigenvalue weighted by Gasteiger charge is 2.23. The Labute approximate surface area is 125 Å². The van der Waals surface area contributed by atoms with E-state index in [-0.39, 0.29) is 0 Å². The van der Waals surface area contributed by atoms with Crippen molar-refractivity contribution < 1.29 is 19.4 Å². The zero-order valence-electron chi connectivity index (χ0n) is 12.9. The molecule has 0 aromatic heterocycles. The first-order valence-electron chi connectivity index (χ1n) is 6.56. The number of nitrogens with zero attached hydrogens (tertiary/aromatic N) is 1. The van der Waals surface area contributed by atoms with Gasteiger partial charge in [0.2, 0.25) is 0 Å². The Bertz CT molecular complexity index is 316. The van der Waals surface area contributed by atoms with E-state index in [1.807, 2.05) is 14.1 Å². The van der Waals surface area contributed by atoms with E-state index in [1.165, 1.54) is 11.8 Å². The fourth-order valence-electron chi connectivity index (χ4n) is 1.31. The number of carboxylic acid groups (broad SMARTS) is 1. The van der Waals surface area contributed by atoms with Crippen molar-refractivity contribution in [1.82, 2.24) is 10.2 Å². The molecule has 0 aliphatic carbocycles. The Morgan fingerprint density at radius 1 is 1.35 bits per heavy atom. The van der Waals surface area contributed by atoms with Gasteiger partial charge in [0.15, 0.2) is 0 Å². The highest BCUT2D eigenvalue weighted by molar-refractivity contribution is 7.99. The summed E-state index contributed by atoms with van der Waals surface area (Å²) < 4.78 is 5.05. The Kier molecular flexibility index (Phi) is 8.64. The van der Waals surface area contributed by atoms with Crippen LogP contribution in [0.5, 0.6) is 0 Å². The number of rotatable bonds is 8. The number of carbonyl (C=O) groups is 2. The summed E-state index contributed by atoms with van der Waals surface area (Å²) in [6.07, 6.45) is 0.287. The molecule has 0 aliphatic rings. The molecule has 2 N–H and O–H groups in total. The van der Waals surface area contributed by atoms with Gasteiger partial charge in [-0.2, -0.15) is 11.8 Å². The minimum Gasteiger partial charge on any atom is -0.480 e. The van der Waals surface area contributed by atoms with E-state index in [9.17, 15) is 9.59 Å². The quantitative estimate of drug-likeness (QED) is 0.664. The summed E-state index contributed by atoms with van der Waals surface area (Å²) >= 11 is 1.51. The lowest BCUT2D eigenvalue weighted by Crippen LogP contribution is -2.45. The topological polar surface area (TPSA) is 78.9 Å². The first-order chi connectivity index (χ1) is 9.11. The molecule has 118 valence electrons. The molecular weight excluding hydrogens is 280 g/mol. The number of alkyl carbamates (subject to hydrolysis) is 1. The smallest absolute Gasteiger partial charge is 0.408 e. The van der Waals surface area contributed by atoms with Gasteiger partial charge in [-0.1, -0.05) is 0 Å². The molecule has 0 saturated heterocycles. The molecule has 0 rings (SSSR count). The van der Waals surface area contributed by atoms with Gasteiger partial charge in [-0.3, -0.25) is 0 Å². The summed E-state index contributed by atoms with van der Waals surface area (Å²) in [7, 11) is 3.99. The van der Waals surface area contributed by atoms with Crippen molar-refractivity contribution in [2.45, 2.75) is 38.8 Å². The molecule has 0 saturated carbocycles. The van der Waals surface area contributed by atoms with Crippen LogP contribution in [0.1, 0.15) is 27.2 Å². The van der Waals surface area contributed by atoms with Crippen LogP contribution in [-0.4, -0.2) is 65.9 Å². The third kappa shape index (κ3) is 10.9. The average molecular weight is 306 g/mol. The number of aliphatic carboxylic acids is 1. The number of hydrogen-bond acceptors (Lipinski definition) is 5. The molecule has 0 aromatic carbocycles. The van der Waals surface area contributed by atoms with Gasteiger partial charge < -0.3 is 20.1 Å². The van der Waals surface area contributed by atoms with Gasteiger partial charge >= 0.3 is 12.1 Å². The molecule has 0 heterocycles. The largest absolute Gasteiger partial charge is 0.480 e. The Morgan fingerprint density at radius 3 is 2.40 bits per heavy atom. The number of ether oxygens (including phenoxy) is 1. The van der Waals surface area contributed by atoms with Gasteiger partial charge in [0.1, 0.15) is 11.6 Å². The van der Waals surface area contributed by atoms with Crippen molar-refractivity contribution in [2.75, 3.05) is 32.1 Å². The molecular formula is C13H26N2O4S. The first kappa shape index (κ1) is 19.1. The number of amides is 1. The molecule has 1 amide bonds. The van der Waals surface area contributed by atoms with Crippen molar-refractivity contribution in [3.8, 4) is 0 Å². The second-order valence-electron chi connectivity index (χ2n) is 5.77. The zero-order valence-corrected chi connectivity index (χ0v) is 13.7. The maximum Gasteiger partial charge on any atom is 0.408 e. The van der Waals surface area contributed by atoms with E-state index < -0.39 is 23.7 Å². The van der Waals surface area contributed by atoms with Gasteiger partial charge in [-0.05, 0) is 53.6 Å². The summed E-state index contributed by atoms with van der Waals surface area (Å²) in [4.78, 5) is 24.7. The summed E-state index contributed by atoms with van der Waals surface area (Å²) in [5.74, 6) is 0.149. The predicted molar refractivity (Wildman–Crippen MR) is 81.3 cm³/mol. The van der Waals surface area contributed by atoms with Crippen LogP contribution in [-0.2, 0) is 9.53 Å². The fourth-order valence-corrected chi connectivity index (χ4v) is 2.27. The normalized spacial score (nSPS) is 13.1. The predicted octanol–water partition coefficient (Wildman–Crippen LogP) is 1.65. The molecule has 0 spiro atoms. The Balaban J connectivity index is 4.05. The maximum absolute atomic E-state index is 11.5. The van der Waals surface area contributed by atoms with Crippen molar-refractivity contribution in [2.24, 2.45) is 0 Å². The highest BCUT2D eigenvalue weighted by Crippen LogP contribution is 2.09. The van der Waals surface area contributed by atoms with Crippen molar-refractivity contribution >= 4 is 23.8 Å². The molecule has 0 aliphatic heterocycles. The molecule has 0 aromatic rings. The summed E-state index contributed by atoms with van der Waals surface area (Å²) in [5, 5.41) is 11.5. The monoisotopic (exact) mass is 306 g/mol. The molecule has 1 unspecified atom stereocenters. The molecule has 0 bridgehead atoms. The minimum absolute atomic E-state index is 0.335. The number of nitrogens with one attached hydrogen (secondary N) is 1. The van der Waals surface area contributed by atoms with Crippen LogP contribution in [0, 0.1) is 0 Å². The van der Waals surface area contributed by atoms with Gasteiger partial charge in [0.25, 0.3) is 0 Å². The van der Waals surface area contributed by atoms with Crippen molar-refractivity contribution in [3.63, 3.8) is 0 Å². The third-order valence-electron chi connectivity index (χ3n) is 2.17. The molecule has 20 heavy (non-hydrogen) atoms. The molecule has 7 heteroatoms. The second kappa shape index (κ2) is 9.07. The Hall–Kier alpha value is -0.950.